The van der Waals surface area contributed by atoms with E-state index in [2.05, 4.69) is 25.8 Å². The molecule has 2 aromatic carbocycles. The third-order valence-electron chi connectivity index (χ3n) is 9.73. The zero-order valence-corrected chi connectivity index (χ0v) is 25.6. The summed E-state index contributed by atoms with van der Waals surface area (Å²) >= 11 is 0. The lowest BCUT2D eigenvalue weighted by Gasteiger charge is -2.44. The van der Waals surface area contributed by atoms with Gasteiger partial charge in [-0.3, -0.25) is 9.88 Å². The van der Waals surface area contributed by atoms with Gasteiger partial charge in [-0.1, -0.05) is 12.0 Å². The van der Waals surface area contributed by atoms with Crippen LogP contribution in [0.2, 0.25) is 0 Å². The average Bonchev–Trinajstić information content (AvgIpc) is 3.64. The number of piperidine rings is 1. The molecular weight excluding hydrogens is 591 g/mol. The Morgan fingerprint density at radius 2 is 1.93 bits per heavy atom. The summed E-state index contributed by atoms with van der Waals surface area (Å²) in [5.74, 6) is 1.03. The van der Waals surface area contributed by atoms with E-state index in [1.54, 1.807) is 0 Å². The number of hydrogen-bond acceptors (Lipinski definition) is 9. The number of terminal acetylenes is 1. The molecule has 5 heterocycles. The predicted molar refractivity (Wildman–Crippen MR) is 171 cm³/mol. The Bertz CT molecular complexity index is 1870. The second-order valence-corrected chi connectivity index (χ2v) is 12.4. The first-order valence-electron chi connectivity index (χ1n) is 15.8. The highest BCUT2D eigenvalue weighted by atomic mass is 19.1. The summed E-state index contributed by atoms with van der Waals surface area (Å²) in [6.45, 7) is 5.18. The molecule has 3 saturated heterocycles. The van der Waals surface area contributed by atoms with Crippen LogP contribution in [0.4, 0.5) is 14.6 Å². The normalized spacial score (nSPS) is 20.9. The van der Waals surface area contributed by atoms with Crippen LogP contribution in [0.25, 0.3) is 32.9 Å². The SMILES string of the molecule is [B]C(O)(Oc1nc(N2CCCC(OCC)C2)c2cnc(-c3cc(O)cc4ccc(F)c(C#C)c34)c(F)c2n1)C12CCCN1CCC2. The molecule has 0 saturated carbocycles. The highest BCUT2D eigenvalue weighted by molar-refractivity contribution is 6.14. The first-order chi connectivity index (χ1) is 22.2. The Labute approximate surface area is 267 Å². The number of hydrogen-bond donors (Lipinski definition) is 2. The largest absolute Gasteiger partial charge is 0.508 e. The molecule has 4 aromatic rings. The molecule has 46 heavy (non-hydrogen) atoms. The summed E-state index contributed by atoms with van der Waals surface area (Å²) < 4.78 is 43.6. The van der Waals surface area contributed by atoms with Gasteiger partial charge in [-0.25, -0.2) is 8.78 Å². The van der Waals surface area contributed by atoms with Crippen molar-refractivity contribution in [3.63, 3.8) is 0 Å². The summed E-state index contributed by atoms with van der Waals surface area (Å²) in [4.78, 5) is 17.7. The molecule has 9 nitrogen and oxygen atoms in total. The number of phenols is 1. The van der Waals surface area contributed by atoms with Crippen LogP contribution in [0.15, 0.2) is 30.5 Å². The Morgan fingerprint density at radius 3 is 2.67 bits per heavy atom. The van der Waals surface area contributed by atoms with E-state index in [9.17, 15) is 14.6 Å². The molecule has 2 radical (unpaired) electrons. The molecule has 3 aliphatic heterocycles. The number of pyridine rings is 1. The van der Waals surface area contributed by atoms with Crippen molar-refractivity contribution in [1.82, 2.24) is 19.9 Å². The third kappa shape index (κ3) is 4.92. The monoisotopic (exact) mass is 625 g/mol. The fourth-order valence-corrected chi connectivity index (χ4v) is 7.68. The molecule has 0 amide bonds. The lowest BCUT2D eigenvalue weighted by molar-refractivity contribution is -0.154. The number of aromatic nitrogens is 3. The van der Waals surface area contributed by atoms with E-state index in [1.807, 2.05) is 11.8 Å². The number of ether oxygens (including phenoxy) is 2. The Balaban J connectivity index is 1.41. The smallest absolute Gasteiger partial charge is 0.321 e. The molecule has 0 bridgehead atoms. The van der Waals surface area contributed by atoms with Gasteiger partial charge >= 0.3 is 6.01 Å². The first-order valence-corrected chi connectivity index (χ1v) is 15.8. The van der Waals surface area contributed by atoms with Gasteiger partial charge in [0.15, 0.2) is 19.3 Å². The minimum Gasteiger partial charge on any atom is -0.508 e. The van der Waals surface area contributed by atoms with Crippen molar-refractivity contribution >= 4 is 35.3 Å². The van der Waals surface area contributed by atoms with Crippen LogP contribution < -0.4 is 9.64 Å². The second kappa shape index (κ2) is 11.6. The fourth-order valence-electron chi connectivity index (χ4n) is 7.68. The van der Waals surface area contributed by atoms with E-state index in [0.717, 1.165) is 38.8 Å². The van der Waals surface area contributed by atoms with E-state index >= 15 is 4.39 Å². The quantitative estimate of drug-likeness (QED) is 0.173. The number of anilines is 1. The predicted octanol–water partition coefficient (Wildman–Crippen LogP) is 4.64. The molecule has 236 valence electrons. The molecule has 12 heteroatoms. The minimum absolute atomic E-state index is 0.0585. The van der Waals surface area contributed by atoms with Gasteiger partial charge in [0.1, 0.15) is 28.6 Å². The lowest BCUT2D eigenvalue weighted by Crippen LogP contribution is -2.62. The number of phenolic OH excluding ortho intramolecular Hbond substituents is 1. The fraction of sp³-hybridized carbons (Fsp3) is 0.441. The van der Waals surface area contributed by atoms with Gasteiger partial charge in [0, 0.05) is 36.8 Å². The molecular formula is C34H34BF2N5O4. The van der Waals surface area contributed by atoms with Crippen molar-refractivity contribution in [1.29, 1.82) is 0 Å². The molecule has 0 spiro atoms. The summed E-state index contributed by atoms with van der Waals surface area (Å²) in [6, 6.07) is 5.09. The van der Waals surface area contributed by atoms with Crippen LogP contribution in [-0.4, -0.2) is 88.0 Å². The van der Waals surface area contributed by atoms with Crippen molar-refractivity contribution in [3.8, 4) is 35.4 Å². The zero-order chi connectivity index (χ0) is 32.2. The van der Waals surface area contributed by atoms with Crippen LogP contribution in [0, 0.1) is 24.0 Å². The molecule has 2 unspecified atom stereocenters. The van der Waals surface area contributed by atoms with E-state index < -0.39 is 22.9 Å². The number of aliphatic hydroxyl groups is 1. The molecule has 2 atom stereocenters. The maximum atomic E-state index is 16.8. The van der Waals surface area contributed by atoms with Crippen LogP contribution in [-0.2, 0) is 4.74 Å². The van der Waals surface area contributed by atoms with E-state index in [0.29, 0.717) is 49.1 Å². The van der Waals surface area contributed by atoms with Crippen molar-refractivity contribution in [2.75, 3.05) is 37.7 Å². The lowest BCUT2D eigenvalue weighted by atomic mass is 9.73. The number of aromatic hydroxyl groups is 1. The van der Waals surface area contributed by atoms with Crippen molar-refractivity contribution < 1.29 is 28.5 Å². The third-order valence-corrected chi connectivity index (χ3v) is 9.73. The number of nitrogens with zero attached hydrogens (tertiary/aromatic N) is 5. The van der Waals surface area contributed by atoms with E-state index in [4.69, 9.17) is 23.7 Å². The summed E-state index contributed by atoms with van der Waals surface area (Å²) in [5.41, 5.74) is -3.28. The molecule has 7 rings (SSSR count). The van der Waals surface area contributed by atoms with Crippen LogP contribution >= 0.6 is 0 Å². The number of fused-ring (bicyclic) bond motifs is 3. The van der Waals surface area contributed by atoms with Crippen LogP contribution in [0.5, 0.6) is 11.8 Å². The van der Waals surface area contributed by atoms with Gasteiger partial charge in [0.25, 0.3) is 0 Å². The Hall–Kier alpha value is -4.05. The van der Waals surface area contributed by atoms with Crippen molar-refractivity contribution in [3.05, 3.63) is 47.7 Å². The molecule has 3 aliphatic rings. The van der Waals surface area contributed by atoms with Gasteiger partial charge in [-0.15, -0.1) is 6.42 Å². The molecule has 2 N–H and O–H groups in total. The Kier molecular flexibility index (Phi) is 7.74. The van der Waals surface area contributed by atoms with Gasteiger partial charge in [0.2, 0.25) is 0 Å². The molecule has 3 fully saturated rings. The van der Waals surface area contributed by atoms with Gasteiger partial charge in [0.05, 0.1) is 22.6 Å². The number of benzene rings is 2. The number of halogens is 2. The zero-order valence-electron chi connectivity index (χ0n) is 25.6. The average molecular weight is 625 g/mol. The van der Waals surface area contributed by atoms with Crippen LogP contribution in [0.1, 0.15) is 51.0 Å². The van der Waals surface area contributed by atoms with Gasteiger partial charge < -0.3 is 24.6 Å². The maximum Gasteiger partial charge on any atom is 0.321 e. The van der Waals surface area contributed by atoms with Crippen LogP contribution in [0.3, 0.4) is 0 Å². The Morgan fingerprint density at radius 1 is 1.15 bits per heavy atom. The summed E-state index contributed by atoms with van der Waals surface area (Å²) in [6.07, 6.45) is 11.8. The van der Waals surface area contributed by atoms with E-state index in [-0.39, 0.29) is 45.6 Å². The standard InChI is InChI=1S/C34H34BF2N5O4/c1-3-23-26(36)10-9-20-16-21(43)17-24(27(20)23)29-28(37)30-25(18-38-29)31(41-13-5-8-22(19-41)45-4-2)40-32(39-30)46-34(35,44)33-11-6-14-42(33)15-7-12-33/h1,9-10,16-18,22,43-44H,4-8,11-15,19H2,2H3. The molecule has 0 aliphatic carbocycles. The summed E-state index contributed by atoms with van der Waals surface area (Å²) in [5, 5.41) is 23.1. The van der Waals surface area contributed by atoms with Crippen molar-refractivity contribution in [2.24, 2.45) is 0 Å². The highest BCUT2D eigenvalue weighted by Gasteiger charge is 2.57. The number of rotatable bonds is 7. The first kappa shape index (κ1) is 30.6. The highest BCUT2D eigenvalue weighted by Crippen LogP contribution is 2.46. The maximum absolute atomic E-state index is 16.8. The van der Waals surface area contributed by atoms with Gasteiger partial charge in [-0.05, 0) is 82.1 Å². The second-order valence-electron chi connectivity index (χ2n) is 12.4. The minimum atomic E-state index is -2.15. The van der Waals surface area contributed by atoms with Crippen molar-refractivity contribution in [2.45, 2.75) is 62.8 Å². The van der Waals surface area contributed by atoms with E-state index in [1.165, 1.54) is 30.5 Å². The summed E-state index contributed by atoms with van der Waals surface area (Å²) in [7, 11) is 6.54. The molecule has 2 aromatic heterocycles. The topological polar surface area (TPSA) is 104 Å². The van der Waals surface area contributed by atoms with Gasteiger partial charge in [-0.2, -0.15) is 9.97 Å².